The molecule has 0 radical (unpaired) electrons. The minimum absolute atomic E-state index is 0.00389. The number of likely N-dealkylation sites (tertiary alicyclic amines) is 1. The van der Waals surface area contributed by atoms with E-state index in [9.17, 15) is 22.8 Å². The number of fused-ring (bicyclic) bond motifs is 1. The van der Waals surface area contributed by atoms with Gasteiger partial charge in [0.1, 0.15) is 29.2 Å². The first-order chi connectivity index (χ1) is 25.0. The van der Waals surface area contributed by atoms with Gasteiger partial charge in [0.2, 0.25) is 11.8 Å². The molecule has 2 saturated heterocycles. The highest BCUT2D eigenvalue weighted by Crippen LogP contribution is 2.45. The number of amides is 3. The summed E-state index contributed by atoms with van der Waals surface area (Å²) in [5, 5.41) is 3.56. The van der Waals surface area contributed by atoms with E-state index in [0.29, 0.717) is 35.7 Å². The molecule has 1 unspecified atom stereocenters. The molecule has 4 aromatic rings. The van der Waals surface area contributed by atoms with Gasteiger partial charge < -0.3 is 24.4 Å². The molecule has 270 valence electrons. The van der Waals surface area contributed by atoms with E-state index in [0.717, 1.165) is 10.9 Å². The fourth-order valence-electron chi connectivity index (χ4n) is 6.90. The lowest BCUT2D eigenvalue weighted by atomic mass is 10.0. The number of pyridine rings is 1. The molecule has 3 amide bonds. The topological polar surface area (TPSA) is 157 Å². The van der Waals surface area contributed by atoms with E-state index in [2.05, 4.69) is 16.6 Å². The second kappa shape index (κ2) is 14.0. The first-order valence-electron chi connectivity index (χ1n) is 17.2. The standard InChI is InChI=1S/C39H40N4O8S/c1-4-26-21-39(26,38(46)42-52(47,48)30-13-9-6-10-14-30)41-36(44)34-19-28(22-43(34)37(45)24(2)17-29-23-50-29)51-35-20-32(25-11-7-5-8-12-25)40-33-18-27(49-3)15-16-31(33)35/h4-16,18,20,24,26,28-29,34H,1,17,19,21-23H2,2-3H3,(H,41,44)(H,42,46)/t24-,26+,28+,29?,34-,39+/m0/s1. The Kier molecular flexibility index (Phi) is 9.49. The van der Waals surface area contributed by atoms with Gasteiger partial charge in [0.05, 0.1) is 42.5 Å². The monoisotopic (exact) mass is 724 g/mol. The average molecular weight is 725 g/mol. The maximum absolute atomic E-state index is 14.2. The summed E-state index contributed by atoms with van der Waals surface area (Å²) >= 11 is 0. The van der Waals surface area contributed by atoms with Crippen molar-refractivity contribution in [3.05, 3.63) is 97.6 Å². The quantitative estimate of drug-likeness (QED) is 0.152. The fourth-order valence-corrected chi connectivity index (χ4v) is 7.96. The van der Waals surface area contributed by atoms with Crippen LogP contribution in [0.15, 0.2) is 102 Å². The van der Waals surface area contributed by atoms with Crippen LogP contribution >= 0.6 is 0 Å². The molecule has 6 atom stereocenters. The number of hydrogen-bond acceptors (Lipinski definition) is 9. The Bertz CT molecular complexity index is 2130. The summed E-state index contributed by atoms with van der Waals surface area (Å²) in [5.74, 6) is -1.48. The van der Waals surface area contributed by atoms with Crippen molar-refractivity contribution in [2.75, 3.05) is 20.3 Å². The van der Waals surface area contributed by atoms with Gasteiger partial charge in [-0.05, 0) is 37.1 Å². The molecule has 2 N–H and O–H groups in total. The molecule has 0 bridgehead atoms. The van der Waals surface area contributed by atoms with E-state index in [1.807, 2.05) is 54.6 Å². The number of hydrogen-bond donors (Lipinski definition) is 2. The molecule has 7 rings (SSSR count). The first kappa shape index (κ1) is 35.1. The van der Waals surface area contributed by atoms with Crippen molar-refractivity contribution in [1.82, 2.24) is 19.9 Å². The molecule has 3 fully saturated rings. The lowest BCUT2D eigenvalue weighted by Crippen LogP contribution is -2.56. The van der Waals surface area contributed by atoms with Crippen LogP contribution in [0.5, 0.6) is 11.5 Å². The molecule has 3 aliphatic rings. The van der Waals surface area contributed by atoms with Crippen LogP contribution in [-0.4, -0.2) is 80.1 Å². The van der Waals surface area contributed by atoms with Crippen LogP contribution in [0.25, 0.3) is 22.2 Å². The Balaban J connectivity index is 1.17. The Morgan fingerprint density at radius 3 is 2.44 bits per heavy atom. The molecule has 1 saturated carbocycles. The summed E-state index contributed by atoms with van der Waals surface area (Å²) in [6.07, 6.45) is 1.71. The summed E-state index contributed by atoms with van der Waals surface area (Å²) in [6, 6.07) is 23.5. The van der Waals surface area contributed by atoms with E-state index >= 15 is 0 Å². The van der Waals surface area contributed by atoms with Gasteiger partial charge >= 0.3 is 0 Å². The van der Waals surface area contributed by atoms with E-state index in [1.54, 1.807) is 32.2 Å². The SMILES string of the molecule is C=C[C@@H]1C[C@]1(NC(=O)[C@@H]1C[C@@H](Oc2cc(-c3ccccc3)nc3cc(OC)ccc23)CN1C(=O)[C@@H](C)CC1CO1)C(=O)NS(=O)(=O)c1ccccc1. The van der Waals surface area contributed by atoms with Crippen LogP contribution < -0.4 is 19.5 Å². The third-order valence-electron chi connectivity index (χ3n) is 9.96. The van der Waals surface area contributed by atoms with Crippen LogP contribution in [0.1, 0.15) is 26.2 Å². The molecule has 3 aromatic carbocycles. The molecule has 3 heterocycles. The zero-order valence-corrected chi connectivity index (χ0v) is 29.7. The predicted molar refractivity (Wildman–Crippen MR) is 193 cm³/mol. The van der Waals surface area contributed by atoms with Crippen LogP contribution in [0.3, 0.4) is 0 Å². The Hall–Kier alpha value is -5.27. The molecule has 13 heteroatoms. The molecule has 0 spiro atoms. The van der Waals surface area contributed by atoms with Crippen molar-refractivity contribution in [2.45, 2.75) is 54.9 Å². The molecule has 1 aromatic heterocycles. The van der Waals surface area contributed by atoms with E-state index in [-0.39, 0.29) is 36.3 Å². The molecule has 2 aliphatic heterocycles. The number of carbonyl (C=O) groups excluding carboxylic acids is 3. The maximum Gasteiger partial charge on any atom is 0.264 e. The Morgan fingerprint density at radius 2 is 1.79 bits per heavy atom. The van der Waals surface area contributed by atoms with Gasteiger partial charge in [0.25, 0.3) is 15.9 Å². The van der Waals surface area contributed by atoms with Gasteiger partial charge in [-0.25, -0.2) is 18.1 Å². The molecular formula is C39H40N4O8S. The number of aromatic nitrogens is 1. The summed E-state index contributed by atoms with van der Waals surface area (Å²) < 4.78 is 45.7. The predicted octanol–water partition coefficient (Wildman–Crippen LogP) is 4.25. The maximum atomic E-state index is 14.2. The van der Waals surface area contributed by atoms with Crippen LogP contribution in [-0.2, 0) is 29.1 Å². The lowest BCUT2D eigenvalue weighted by Gasteiger charge is -2.28. The van der Waals surface area contributed by atoms with Crippen LogP contribution in [0.2, 0.25) is 0 Å². The highest BCUT2D eigenvalue weighted by Gasteiger charge is 2.61. The second-order valence-corrected chi connectivity index (χ2v) is 15.3. The van der Waals surface area contributed by atoms with Crippen molar-refractivity contribution in [3.63, 3.8) is 0 Å². The van der Waals surface area contributed by atoms with Crippen LogP contribution in [0, 0.1) is 11.8 Å². The fraction of sp³-hybridized carbons (Fsp3) is 0.333. The minimum atomic E-state index is -4.21. The zero-order chi connectivity index (χ0) is 36.6. The number of nitrogens with one attached hydrogen (secondary N) is 2. The molecule has 12 nitrogen and oxygen atoms in total. The Morgan fingerprint density at radius 1 is 1.08 bits per heavy atom. The molecule has 1 aliphatic carbocycles. The summed E-state index contributed by atoms with van der Waals surface area (Å²) in [4.78, 5) is 48.1. The average Bonchev–Trinajstić information content (AvgIpc) is 4.07. The smallest absolute Gasteiger partial charge is 0.264 e. The first-order valence-corrected chi connectivity index (χ1v) is 18.7. The van der Waals surface area contributed by atoms with Gasteiger partial charge in [-0.15, -0.1) is 6.58 Å². The van der Waals surface area contributed by atoms with Crippen molar-refractivity contribution in [2.24, 2.45) is 11.8 Å². The van der Waals surface area contributed by atoms with Gasteiger partial charge in [-0.2, -0.15) is 0 Å². The minimum Gasteiger partial charge on any atom is -0.497 e. The van der Waals surface area contributed by atoms with Gasteiger partial charge in [0, 0.05) is 41.3 Å². The van der Waals surface area contributed by atoms with Crippen molar-refractivity contribution >= 4 is 38.6 Å². The number of carbonyl (C=O) groups is 3. The van der Waals surface area contributed by atoms with Crippen molar-refractivity contribution < 1.29 is 37.0 Å². The summed E-state index contributed by atoms with van der Waals surface area (Å²) in [6.45, 7) is 6.30. The number of ether oxygens (including phenoxy) is 3. The highest BCUT2D eigenvalue weighted by atomic mass is 32.2. The van der Waals surface area contributed by atoms with Gasteiger partial charge in [0.15, 0.2) is 0 Å². The number of benzene rings is 3. The van der Waals surface area contributed by atoms with Gasteiger partial charge in [-0.3, -0.25) is 14.4 Å². The normalized spacial score (nSPS) is 24.1. The van der Waals surface area contributed by atoms with Crippen molar-refractivity contribution in [3.8, 4) is 22.8 Å². The van der Waals surface area contributed by atoms with Crippen molar-refractivity contribution in [1.29, 1.82) is 0 Å². The second-order valence-electron chi connectivity index (χ2n) is 13.6. The third kappa shape index (κ3) is 7.10. The number of epoxide rings is 1. The zero-order valence-electron chi connectivity index (χ0n) is 28.9. The third-order valence-corrected chi connectivity index (χ3v) is 11.3. The largest absolute Gasteiger partial charge is 0.497 e. The Labute approximate surface area is 302 Å². The van der Waals surface area contributed by atoms with Crippen LogP contribution in [0.4, 0.5) is 0 Å². The summed E-state index contributed by atoms with van der Waals surface area (Å²) in [5.41, 5.74) is 0.661. The number of rotatable bonds is 13. The number of methoxy groups -OCH3 is 1. The number of nitrogens with zero attached hydrogens (tertiary/aromatic N) is 2. The van der Waals surface area contributed by atoms with Gasteiger partial charge in [-0.1, -0.05) is 61.5 Å². The molecule has 52 heavy (non-hydrogen) atoms. The summed E-state index contributed by atoms with van der Waals surface area (Å²) in [7, 11) is -2.63. The molecular weight excluding hydrogens is 685 g/mol. The van der Waals surface area contributed by atoms with E-state index in [4.69, 9.17) is 19.2 Å². The lowest BCUT2D eigenvalue weighted by molar-refractivity contribution is -0.142. The van der Waals surface area contributed by atoms with E-state index < -0.39 is 51.4 Å². The van der Waals surface area contributed by atoms with E-state index in [1.165, 1.54) is 23.1 Å². The number of sulfonamides is 1. The highest BCUT2D eigenvalue weighted by molar-refractivity contribution is 7.90.